The number of thiophene rings is 1. The molecule has 6 aromatic rings. The van der Waals surface area contributed by atoms with E-state index in [9.17, 15) is 0 Å². The van der Waals surface area contributed by atoms with Crippen LogP contribution < -0.4 is 25.6 Å². The van der Waals surface area contributed by atoms with Crippen molar-refractivity contribution < 1.29 is 0 Å². The predicted molar refractivity (Wildman–Crippen MR) is 286 cm³/mol. The number of hydrogen-bond donors (Lipinski definition) is 0. The SMILES string of the molecule is Cc1cc2c3c(c1)N1c4c(cc(C(C)(C)C)cc4C4(C)CCCCC14C)B3C1CCC(N3c4ccc(C(C)(C)C)cc4C4(C)CCCCC34C)CC1N2c1ccc2sc3ccccc3c2c1. The fraction of sp³-hybridized carbons (Fsp3) is 0.508. The molecule has 7 aliphatic rings. The average Bonchev–Trinajstić information content (AvgIpc) is 3.82. The molecule has 3 saturated carbocycles. The molecule has 0 saturated heterocycles. The molecule has 13 rings (SSSR count). The van der Waals surface area contributed by atoms with E-state index in [1.807, 2.05) is 11.3 Å². The lowest BCUT2D eigenvalue weighted by Crippen LogP contribution is -2.67. The average molecular weight is 890 g/mol. The van der Waals surface area contributed by atoms with E-state index >= 15 is 0 Å². The number of benzene rings is 5. The monoisotopic (exact) mass is 890 g/mol. The van der Waals surface area contributed by atoms with Crippen molar-refractivity contribution in [2.45, 2.75) is 197 Å². The largest absolute Gasteiger partial charge is 0.362 e. The quantitative estimate of drug-likeness (QED) is 0.160. The molecule has 7 unspecified atom stereocenters. The molecular weight excluding hydrogens is 818 g/mol. The van der Waals surface area contributed by atoms with Gasteiger partial charge in [-0.15, -0.1) is 11.3 Å². The van der Waals surface area contributed by atoms with Crippen molar-refractivity contribution in [2.24, 2.45) is 0 Å². The third-order valence-corrected chi connectivity index (χ3v) is 21.3. The first-order chi connectivity index (χ1) is 31.4. The summed E-state index contributed by atoms with van der Waals surface area (Å²) < 4.78 is 2.78. The van der Waals surface area contributed by atoms with Gasteiger partial charge in [0.2, 0.25) is 6.71 Å². The zero-order valence-corrected chi connectivity index (χ0v) is 42.7. The maximum atomic E-state index is 3.07. The van der Waals surface area contributed by atoms with Crippen LogP contribution in [-0.4, -0.2) is 29.9 Å². The Bertz CT molecular complexity index is 3040. The summed E-state index contributed by atoms with van der Waals surface area (Å²) in [5.74, 6) is 0.491. The van der Waals surface area contributed by atoms with Gasteiger partial charge in [-0.2, -0.15) is 0 Å². The van der Waals surface area contributed by atoms with Gasteiger partial charge in [0.1, 0.15) is 0 Å². The van der Waals surface area contributed by atoms with Crippen molar-refractivity contribution >= 4 is 77.6 Å². The van der Waals surface area contributed by atoms with E-state index in [0.717, 1.165) is 0 Å². The standard InChI is InChI=1S/C61H72BN3S/c1-37-30-50-54-51(31-37)65-55-45(59(9)27-15-17-29-61(59,65)11)33-39(57(5,6)7)34-47(55)62(54)46-23-21-41(36-49(46)63(50)40-22-25-53-43(35-40)42-18-12-13-19-52(42)66-53)64-48-24-20-38(56(2,3)4)32-44(48)58(8)26-14-16-28-60(58,64)10/h12-13,18-20,22,24-25,30-35,41,46,49H,14-17,21,23,26-29,36H2,1-11H3. The van der Waals surface area contributed by atoms with Gasteiger partial charge in [0.25, 0.3) is 0 Å². The zero-order chi connectivity index (χ0) is 45.7. The predicted octanol–water partition coefficient (Wildman–Crippen LogP) is 15.2. The van der Waals surface area contributed by atoms with Gasteiger partial charge in [-0.3, -0.25) is 0 Å². The molecule has 340 valence electrons. The van der Waals surface area contributed by atoms with Crippen LogP contribution in [0.3, 0.4) is 0 Å². The van der Waals surface area contributed by atoms with E-state index in [1.54, 1.807) is 33.4 Å². The first kappa shape index (κ1) is 41.9. The van der Waals surface area contributed by atoms with Gasteiger partial charge in [-0.25, -0.2) is 0 Å². The normalized spacial score (nSPS) is 30.9. The maximum Gasteiger partial charge on any atom is 0.222 e. The summed E-state index contributed by atoms with van der Waals surface area (Å²) >= 11 is 1.95. The molecule has 7 atom stereocenters. The fourth-order valence-corrected chi connectivity index (χ4v) is 17.3. The van der Waals surface area contributed by atoms with Crippen molar-refractivity contribution in [3.05, 3.63) is 113 Å². The van der Waals surface area contributed by atoms with Gasteiger partial charge < -0.3 is 14.7 Å². The van der Waals surface area contributed by atoms with Crippen molar-refractivity contribution in [1.82, 2.24) is 0 Å². The zero-order valence-electron chi connectivity index (χ0n) is 41.9. The van der Waals surface area contributed by atoms with Crippen LogP contribution >= 0.6 is 11.3 Å². The summed E-state index contributed by atoms with van der Waals surface area (Å²) in [6.45, 7) is 28.0. The molecule has 5 aromatic carbocycles. The van der Waals surface area contributed by atoms with E-state index in [4.69, 9.17) is 0 Å². The van der Waals surface area contributed by atoms with Crippen LogP contribution in [-0.2, 0) is 21.7 Å². The molecule has 5 heteroatoms. The Hall–Kier alpha value is -4.22. The molecule has 5 heterocycles. The molecule has 3 nitrogen and oxygen atoms in total. The lowest BCUT2D eigenvalue weighted by Gasteiger charge is -2.58. The lowest BCUT2D eigenvalue weighted by atomic mass is 9.27. The van der Waals surface area contributed by atoms with E-state index in [0.29, 0.717) is 24.6 Å². The number of hydrogen-bond acceptors (Lipinski definition) is 4. The van der Waals surface area contributed by atoms with Gasteiger partial charge in [-0.1, -0.05) is 130 Å². The van der Waals surface area contributed by atoms with Gasteiger partial charge in [0.15, 0.2) is 0 Å². The Morgan fingerprint density at radius 3 is 2.05 bits per heavy atom. The summed E-state index contributed by atoms with van der Waals surface area (Å²) in [7, 11) is 0. The molecule has 3 fully saturated rings. The second-order valence-electron chi connectivity index (χ2n) is 25.6. The summed E-state index contributed by atoms with van der Waals surface area (Å²) in [4.78, 5) is 8.98. The summed E-state index contributed by atoms with van der Waals surface area (Å²) in [5, 5.41) is 2.80. The van der Waals surface area contributed by atoms with Crippen LogP contribution in [0, 0.1) is 6.92 Å². The third-order valence-electron chi connectivity index (χ3n) is 20.2. The van der Waals surface area contributed by atoms with Gasteiger partial charge in [0, 0.05) is 77.1 Å². The van der Waals surface area contributed by atoms with Crippen LogP contribution in [0.5, 0.6) is 0 Å². The molecule has 0 N–H and O–H groups in total. The third kappa shape index (κ3) is 5.28. The van der Waals surface area contributed by atoms with Crippen LogP contribution in [0.25, 0.3) is 20.2 Å². The minimum atomic E-state index is 0.0251. The molecule has 3 aliphatic carbocycles. The minimum Gasteiger partial charge on any atom is -0.362 e. The van der Waals surface area contributed by atoms with Crippen molar-refractivity contribution in [2.75, 3.05) is 14.7 Å². The fourth-order valence-electron chi connectivity index (χ4n) is 16.2. The van der Waals surface area contributed by atoms with E-state index in [2.05, 4.69) is 176 Å². The highest BCUT2D eigenvalue weighted by Gasteiger charge is 2.64. The van der Waals surface area contributed by atoms with Crippen molar-refractivity contribution in [3.63, 3.8) is 0 Å². The summed E-state index contributed by atoms with van der Waals surface area (Å²) in [6.07, 6.45) is 14.0. The van der Waals surface area contributed by atoms with E-state index in [-0.39, 0.29) is 32.7 Å². The molecule has 4 aliphatic heterocycles. The summed E-state index contributed by atoms with van der Waals surface area (Å²) in [5.41, 5.74) is 19.0. The smallest absolute Gasteiger partial charge is 0.222 e. The summed E-state index contributed by atoms with van der Waals surface area (Å²) in [6, 6.07) is 35.9. The molecule has 1 aromatic heterocycles. The van der Waals surface area contributed by atoms with Gasteiger partial charge in [0.05, 0.1) is 5.54 Å². The van der Waals surface area contributed by atoms with E-state index in [1.165, 1.54) is 125 Å². The topological polar surface area (TPSA) is 9.72 Å². The Morgan fingerprint density at radius 2 is 1.29 bits per heavy atom. The van der Waals surface area contributed by atoms with Crippen LogP contribution in [0.2, 0.25) is 5.82 Å². The number of rotatable bonds is 2. The van der Waals surface area contributed by atoms with Crippen LogP contribution in [0.1, 0.15) is 168 Å². The lowest BCUT2D eigenvalue weighted by molar-refractivity contribution is 0.163. The molecule has 0 amide bonds. The molecule has 0 bridgehead atoms. The highest BCUT2D eigenvalue weighted by atomic mass is 32.1. The van der Waals surface area contributed by atoms with Crippen molar-refractivity contribution in [3.8, 4) is 0 Å². The molecular formula is C61H72BN3S. The molecule has 0 radical (unpaired) electrons. The Kier molecular flexibility index (Phi) is 8.59. The Morgan fingerprint density at radius 1 is 0.621 bits per heavy atom. The van der Waals surface area contributed by atoms with E-state index < -0.39 is 0 Å². The first-order valence-corrected chi connectivity index (χ1v) is 27.0. The van der Waals surface area contributed by atoms with Gasteiger partial charge >= 0.3 is 0 Å². The maximum absolute atomic E-state index is 3.07. The second-order valence-corrected chi connectivity index (χ2v) is 26.7. The number of nitrogens with zero attached hydrogens (tertiary/aromatic N) is 3. The molecule has 0 spiro atoms. The number of fused-ring (bicyclic) bond motifs is 13. The molecule has 66 heavy (non-hydrogen) atoms. The Labute approximate surface area is 400 Å². The number of aryl methyl sites for hydroxylation is 1. The number of anilines is 5. The Balaban J connectivity index is 1.05. The minimum absolute atomic E-state index is 0.0251. The van der Waals surface area contributed by atoms with Crippen LogP contribution in [0.4, 0.5) is 28.4 Å². The highest BCUT2D eigenvalue weighted by Crippen LogP contribution is 2.65. The highest BCUT2D eigenvalue weighted by molar-refractivity contribution is 7.25. The van der Waals surface area contributed by atoms with Crippen LogP contribution in [0.15, 0.2) is 84.9 Å². The first-order valence-electron chi connectivity index (χ1n) is 26.1. The second kappa shape index (κ2) is 13.5. The van der Waals surface area contributed by atoms with Gasteiger partial charge in [-0.05, 0) is 157 Å². The van der Waals surface area contributed by atoms with Crippen molar-refractivity contribution in [1.29, 1.82) is 0 Å².